The molecule has 0 aliphatic carbocycles. The lowest BCUT2D eigenvalue weighted by Gasteiger charge is -2.18. The lowest BCUT2D eigenvalue weighted by molar-refractivity contribution is 0.449. The summed E-state index contributed by atoms with van der Waals surface area (Å²) in [6, 6.07) is 1.01. The van der Waals surface area contributed by atoms with E-state index in [1.807, 2.05) is 12.4 Å². The van der Waals surface area contributed by atoms with Crippen LogP contribution in [0.2, 0.25) is 0 Å². The molecule has 0 radical (unpaired) electrons. The summed E-state index contributed by atoms with van der Waals surface area (Å²) in [5.41, 5.74) is 0. The van der Waals surface area contributed by atoms with Crippen LogP contribution in [0.3, 0.4) is 0 Å². The van der Waals surface area contributed by atoms with Crippen molar-refractivity contribution in [2.24, 2.45) is 0 Å². The third-order valence-corrected chi connectivity index (χ3v) is 3.03. The van der Waals surface area contributed by atoms with E-state index in [9.17, 15) is 0 Å². The Morgan fingerprint density at radius 1 is 1.67 bits per heavy atom. The van der Waals surface area contributed by atoms with E-state index in [1.165, 1.54) is 19.4 Å². The molecule has 2 heterocycles. The van der Waals surface area contributed by atoms with Crippen molar-refractivity contribution in [1.82, 2.24) is 20.6 Å². The Labute approximate surface area is 90.9 Å². The maximum absolute atomic E-state index is 4.29. The van der Waals surface area contributed by atoms with Gasteiger partial charge in [0.2, 0.25) is 0 Å². The lowest BCUT2D eigenvalue weighted by atomic mass is 10.2. The summed E-state index contributed by atoms with van der Waals surface area (Å²) in [6.45, 7) is 4.39. The highest BCUT2D eigenvalue weighted by Crippen LogP contribution is 2.12. The van der Waals surface area contributed by atoms with Crippen LogP contribution in [0.1, 0.15) is 38.1 Å². The molecule has 1 aliphatic heterocycles. The zero-order valence-electron chi connectivity index (χ0n) is 9.29. The number of nitrogens with one attached hydrogen (secondary N) is 3. The third-order valence-electron chi connectivity index (χ3n) is 3.03. The highest BCUT2D eigenvalue weighted by Gasteiger charge is 2.16. The summed E-state index contributed by atoms with van der Waals surface area (Å²) >= 11 is 0. The first-order chi connectivity index (χ1) is 7.40. The minimum atomic E-state index is 0.363. The highest BCUT2D eigenvalue weighted by atomic mass is 15.1. The molecule has 2 atom stereocenters. The minimum Gasteiger partial charge on any atom is -0.347 e. The number of hydrogen-bond donors (Lipinski definition) is 3. The molecule has 0 aromatic carbocycles. The molecule has 0 saturated carbocycles. The number of nitrogens with zero attached hydrogens (tertiary/aromatic N) is 1. The predicted octanol–water partition coefficient (Wildman–Crippen LogP) is 1.20. The van der Waals surface area contributed by atoms with Gasteiger partial charge in [0.25, 0.3) is 0 Å². The van der Waals surface area contributed by atoms with Crippen molar-refractivity contribution in [3.8, 4) is 0 Å². The van der Waals surface area contributed by atoms with Crippen LogP contribution < -0.4 is 10.6 Å². The van der Waals surface area contributed by atoms with Gasteiger partial charge >= 0.3 is 0 Å². The number of aromatic amines is 1. The molecular formula is C11H20N4. The number of hydrogen-bond acceptors (Lipinski definition) is 3. The topological polar surface area (TPSA) is 52.7 Å². The quantitative estimate of drug-likeness (QED) is 0.681. The van der Waals surface area contributed by atoms with Gasteiger partial charge in [-0.05, 0) is 25.8 Å². The van der Waals surface area contributed by atoms with Crippen LogP contribution >= 0.6 is 0 Å². The summed E-state index contributed by atoms with van der Waals surface area (Å²) < 4.78 is 0. The van der Waals surface area contributed by atoms with E-state index < -0.39 is 0 Å². The first kappa shape index (κ1) is 10.6. The van der Waals surface area contributed by atoms with Crippen molar-refractivity contribution >= 4 is 0 Å². The largest absolute Gasteiger partial charge is 0.347 e. The van der Waals surface area contributed by atoms with Crippen LogP contribution in [0.25, 0.3) is 0 Å². The summed E-state index contributed by atoms with van der Waals surface area (Å²) in [7, 11) is 0. The monoisotopic (exact) mass is 208 g/mol. The SMILES string of the molecule is CCC(NCC1CCCN1)c1ncc[nH]1. The average Bonchev–Trinajstić information content (AvgIpc) is 2.90. The third kappa shape index (κ3) is 2.79. The van der Waals surface area contributed by atoms with Gasteiger partial charge in [0.05, 0.1) is 6.04 Å². The molecule has 2 rings (SSSR count). The molecule has 4 heteroatoms. The van der Waals surface area contributed by atoms with E-state index >= 15 is 0 Å². The smallest absolute Gasteiger partial charge is 0.123 e. The Kier molecular flexibility index (Phi) is 3.75. The number of imidazole rings is 1. The molecule has 15 heavy (non-hydrogen) atoms. The van der Waals surface area contributed by atoms with Crippen LogP contribution in [0, 0.1) is 0 Å². The van der Waals surface area contributed by atoms with Gasteiger partial charge < -0.3 is 15.6 Å². The Hall–Kier alpha value is -0.870. The molecular weight excluding hydrogens is 188 g/mol. The zero-order valence-corrected chi connectivity index (χ0v) is 9.29. The summed E-state index contributed by atoms with van der Waals surface area (Å²) in [6.07, 6.45) is 7.37. The van der Waals surface area contributed by atoms with E-state index in [1.54, 1.807) is 0 Å². The van der Waals surface area contributed by atoms with Gasteiger partial charge in [-0.25, -0.2) is 4.98 Å². The van der Waals surface area contributed by atoms with Crippen molar-refractivity contribution in [2.45, 2.75) is 38.3 Å². The second kappa shape index (κ2) is 5.28. The van der Waals surface area contributed by atoms with Crippen molar-refractivity contribution < 1.29 is 0 Å². The van der Waals surface area contributed by atoms with Crippen LogP contribution in [-0.2, 0) is 0 Å². The number of aromatic nitrogens is 2. The fourth-order valence-corrected chi connectivity index (χ4v) is 2.12. The molecule has 4 nitrogen and oxygen atoms in total. The normalized spacial score (nSPS) is 23.1. The van der Waals surface area contributed by atoms with E-state index in [0.29, 0.717) is 12.1 Å². The Morgan fingerprint density at radius 2 is 2.60 bits per heavy atom. The zero-order chi connectivity index (χ0) is 10.5. The maximum Gasteiger partial charge on any atom is 0.123 e. The molecule has 2 unspecified atom stereocenters. The summed E-state index contributed by atoms with van der Waals surface area (Å²) in [4.78, 5) is 7.46. The van der Waals surface area contributed by atoms with Crippen LogP contribution in [0.5, 0.6) is 0 Å². The van der Waals surface area contributed by atoms with Gasteiger partial charge in [0.15, 0.2) is 0 Å². The van der Waals surface area contributed by atoms with Crippen molar-refractivity contribution in [3.05, 3.63) is 18.2 Å². The van der Waals surface area contributed by atoms with Crippen LogP contribution in [0.15, 0.2) is 12.4 Å². The molecule has 0 bridgehead atoms. The maximum atomic E-state index is 4.29. The average molecular weight is 208 g/mol. The van der Waals surface area contributed by atoms with E-state index in [-0.39, 0.29) is 0 Å². The molecule has 1 aromatic heterocycles. The number of H-pyrrole nitrogens is 1. The van der Waals surface area contributed by atoms with E-state index in [0.717, 1.165) is 18.8 Å². The molecule has 3 N–H and O–H groups in total. The van der Waals surface area contributed by atoms with Gasteiger partial charge in [0.1, 0.15) is 5.82 Å². The Morgan fingerprint density at radius 3 is 3.20 bits per heavy atom. The molecule has 1 aromatic rings. The fourth-order valence-electron chi connectivity index (χ4n) is 2.12. The molecule has 84 valence electrons. The van der Waals surface area contributed by atoms with Gasteiger partial charge in [-0.1, -0.05) is 6.92 Å². The summed E-state index contributed by atoms with van der Waals surface area (Å²) in [5.74, 6) is 1.05. The first-order valence-electron chi connectivity index (χ1n) is 5.86. The van der Waals surface area contributed by atoms with Crippen LogP contribution in [0.4, 0.5) is 0 Å². The molecule has 1 fully saturated rings. The standard InChI is InChI=1S/C11H20N4/c1-2-10(11-13-6-7-14-11)15-8-9-4-3-5-12-9/h6-7,9-10,12,15H,2-5,8H2,1H3,(H,13,14). The van der Waals surface area contributed by atoms with Gasteiger partial charge in [-0.3, -0.25) is 0 Å². The van der Waals surface area contributed by atoms with Crippen molar-refractivity contribution in [1.29, 1.82) is 0 Å². The highest BCUT2D eigenvalue weighted by molar-refractivity contribution is 4.95. The Bertz CT molecular complexity index is 264. The second-order valence-electron chi connectivity index (χ2n) is 4.14. The molecule has 0 spiro atoms. The van der Waals surface area contributed by atoms with Gasteiger partial charge in [-0.15, -0.1) is 0 Å². The Balaban J connectivity index is 1.80. The summed E-state index contributed by atoms with van der Waals surface area (Å²) in [5, 5.41) is 7.05. The van der Waals surface area contributed by atoms with E-state index in [2.05, 4.69) is 27.5 Å². The molecule has 0 amide bonds. The van der Waals surface area contributed by atoms with Crippen molar-refractivity contribution in [3.63, 3.8) is 0 Å². The fraction of sp³-hybridized carbons (Fsp3) is 0.727. The molecule has 1 aliphatic rings. The number of rotatable bonds is 5. The first-order valence-corrected chi connectivity index (χ1v) is 5.86. The van der Waals surface area contributed by atoms with Crippen LogP contribution in [-0.4, -0.2) is 29.1 Å². The molecule has 1 saturated heterocycles. The van der Waals surface area contributed by atoms with Gasteiger partial charge in [0, 0.05) is 25.0 Å². The van der Waals surface area contributed by atoms with Crippen molar-refractivity contribution in [2.75, 3.05) is 13.1 Å². The predicted molar refractivity (Wildman–Crippen MR) is 60.6 cm³/mol. The van der Waals surface area contributed by atoms with E-state index in [4.69, 9.17) is 0 Å². The second-order valence-corrected chi connectivity index (χ2v) is 4.14. The minimum absolute atomic E-state index is 0.363. The van der Waals surface area contributed by atoms with Gasteiger partial charge in [-0.2, -0.15) is 0 Å². The lowest BCUT2D eigenvalue weighted by Crippen LogP contribution is -2.36.